The first-order valence-electron chi connectivity index (χ1n) is 7.80. The van der Waals surface area contributed by atoms with Crippen LogP contribution in [-0.2, 0) is 9.53 Å². The third-order valence-electron chi connectivity index (χ3n) is 4.76. The first-order chi connectivity index (χ1) is 10.7. The van der Waals surface area contributed by atoms with E-state index in [1.165, 1.54) is 6.42 Å². The van der Waals surface area contributed by atoms with Gasteiger partial charge in [0.1, 0.15) is 24.7 Å². The fourth-order valence-corrected chi connectivity index (χ4v) is 3.77. The summed E-state index contributed by atoms with van der Waals surface area (Å²) in [5.74, 6) is 2.18. The molecule has 1 aliphatic carbocycles. The normalized spacial score (nSPS) is 26.3. The molecule has 1 heterocycles. The quantitative estimate of drug-likeness (QED) is 0.807. The number of rotatable bonds is 6. The van der Waals surface area contributed by atoms with Gasteiger partial charge in [-0.15, -0.1) is 0 Å². The van der Waals surface area contributed by atoms with Gasteiger partial charge in [-0.3, -0.25) is 4.79 Å². The predicted molar refractivity (Wildman–Crippen MR) is 82.1 cm³/mol. The number of amides is 1. The number of fused-ring (bicyclic) bond motifs is 2. The molecule has 1 aromatic rings. The zero-order valence-electron chi connectivity index (χ0n) is 13.2. The highest BCUT2D eigenvalue weighted by Crippen LogP contribution is 2.42. The smallest absolute Gasteiger partial charge is 0.249 e. The maximum absolute atomic E-state index is 12.3. The largest absolute Gasteiger partial charge is 0.497 e. The Balaban J connectivity index is 1.66. The molecular weight excluding hydrogens is 282 g/mol. The number of carbonyl (C=O) groups is 1. The second kappa shape index (κ2) is 6.57. The van der Waals surface area contributed by atoms with E-state index in [2.05, 4.69) is 0 Å². The number of nitrogens with zero attached hydrogens (tertiary/aromatic N) is 1. The highest BCUT2D eigenvalue weighted by atomic mass is 16.5. The van der Waals surface area contributed by atoms with E-state index in [0.29, 0.717) is 18.6 Å². The van der Waals surface area contributed by atoms with E-state index in [9.17, 15) is 4.79 Å². The van der Waals surface area contributed by atoms with E-state index in [4.69, 9.17) is 14.2 Å². The van der Waals surface area contributed by atoms with Crippen LogP contribution in [-0.4, -0.2) is 50.3 Å². The minimum atomic E-state index is 0.0777. The van der Waals surface area contributed by atoms with Gasteiger partial charge in [0, 0.05) is 19.2 Å². The lowest BCUT2D eigenvalue weighted by Gasteiger charge is -2.35. The maximum Gasteiger partial charge on any atom is 0.249 e. The molecule has 2 fully saturated rings. The second-order valence-corrected chi connectivity index (χ2v) is 6.02. The van der Waals surface area contributed by atoms with Gasteiger partial charge in [0.15, 0.2) is 0 Å². The molecule has 1 saturated heterocycles. The number of carbonyl (C=O) groups excluding carboxylic acids is 1. The molecule has 0 unspecified atom stereocenters. The van der Waals surface area contributed by atoms with Gasteiger partial charge in [0.2, 0.25) is 5.91 Å². The first kappa shape index (κ1) is 15.2. The highest BCUT2D eigenvalue weighted by Gasteiger charge is 2.48. The number of benzene rings is 1. The van der Waals surface area contributed by atoms with E-state index in [1.807, 2.05) is 29.2 Å². The van der Waals surface area contributed by atoms with Crippen molar-refractivity contribution in [1.29, 1.82) is 0 Å². The monoisotopic (exact) mass is 305 g/mol. The zero-order valence-corrected chi connectivity index (χ0v) is 13.2. The minimum absolute atomic E-state index is 0.0777. The third kappa shape index (κ3) is 2.90. The van der Waals surface area contributed by atoms with Gasteiger partial charge < -0.3 is 19.1 Å². The van der Waals surface area contributed by atoms with Crippen LogP contribution in [0.1, 0.15) is 19.3 Å². The molecule has 1 aliphatic heterocycles. The van der Waals surface area contributed by atoms with Crippen LogP contribution < -0.4 is 9.47 Å². The lowest BCUT2D eigenvalue weighted by Crippen LogP contribution is -2.49. The van der Waals surface area contributed by atoms with E-state index in [-0.39, 0.29) is 18.6 Å². The molecule has 0 radical (unpaired) electrons. The molecule has 5 heteroatoms. The number of methoxy groups -OCH3 is 2. The average Bonchev–Trinajstić information content (AvgIpc) is 3.14. The number of likely N-dealkylation sites (tertiary alicyclic amines) is 1. The van der Waals surface area contributed by atoms with Gasteiger partial charge in [-0.1, -0.05) is 6.07 Å². The second-order valence-electron chi connectivity index (χ2n) is 6.02. The van der Waals surface area contributed by atoms with Crippen LogP contribution in [0.25, 0.3) is 0 Å². The van der Waals surface area contributed by atoms with Gasteiger partial charge in [-0.2, -0.15) is 0 Å². The van der Waals surface area contributed by atoms with E-state index in [0.717, 1.165) is 24.3 Å². The van der Waals surface area contributed by atoms with Gasteiger partial charge >= 0.3 is 0 Å². The van der Waals surface area contributed by atoms with Crippen LogP contribution in [0.2, 0.25) is 0 Å². The Morgan fingerprint density at radius 2 is 2.09 bits per heavy atom. The standard InChI is InChI=1S/C17H23NO4/c1-20-11-17(19)18-13-7-6-12(8-13)16(18)10-22-15-5-3-4-14(9-15)21-2/h3-5,9,12-13,16H,6-8,10-11H2,1-2H3/t12-,13-,16+/m0/s1. The minimum Gasteiger partial charge on any atom is -0.497 e. The third-order valence-corrected chi connectivity index (χ3v) is 4.76. The molecule has 1 aromatic carbocycles. The van der Waals surface area contributed by atoms with Gasteiger partial charge in [0.05, 0.1) is 13.2 Å². The van der Waals surface area contributed by atoms with Crippen molar-refractivity contribution >= 4 is 5.91 Å². The SMILES string of the molecule is COCC(=O)N1[C@H]2CC[C@@H](C2)[C@H]1COc1cccc(OC)c1. The predicted octanol–water partition coefficient (Wildman–Crippen LogP) is 2.10. The van der Waals surface area contributed by atoms with E-state index >= 15 is 0 Å². The Bertz CT molecular complexity index is 533. The molecule has 1 saturated carbocycles. The van der Waals surface area contributed by atoms with Gasteiger partial charge in [-0.25, -0.2) is 0 Å². The average molecular weight is 305 g/mol. The van der Waals surface area contributed by atoms with Crippen molar-refractivity contribution in [2.45, 2.75) is 31.3 Å². The summed E-state index contributed by atoms with van der Waals surface area (Å²) in [6.45, 7) is 0.683. The summed E-state index contributed by atoms with van der Waals surface area (Å²) < 4.78 is 16.2. The van der Waals surface area contributed by atoms with Crippen molar-refractivity contribution in [2.75, 3.05) is 27.4 Å². The number of hydrogen-bond acceptors (Lipinski definition) is 4. The van der Waals surface area contributed by atoms with Crippen LogP contribution in [0, 0.1) is 5.92 Å². The van der Waals surface area contributed by atoms with E-state index in [1.54, 1.807) is 14.2 Å². The van der Waals surface area contributed by atoms with Crippen LogP contribution in [0.15, 0.2) is 24.3 Å². The Labute approximate surface area is 131 Å². The topological polar surface area (TPSA) is 48.0 Å². The summed E-state index contributed by atoms with van der Waals surface area (Å²) in [4.78, 5) is 14.3. The van der Waals surface area contributed by atoms with Crippen LogP contribution in [0.3, 0.4) is 0 Å². The van der Waals surface area contributed by atoms with Crippen LogP contribution >= 0.6 is 0 Å². The number of piperidine rings is 1. The lowest BCUT2D eigenvalue weighted by atomic mass is 9.99. The fourth-order valence-electron chi connectivity index (χ4n) is 3.77. The number of hydrogen-bond donors (Lipinski definition) is 0. The first-order valence-corrected chi connectivity index (χ1v) is 7.80. The summed E-state index contributed by atoms with van der Waals surface area (Å²) in [5, 5.41) is 0. The zero-order chi connectivity index (χ0) is 15.5. The molecule has 5 nitrogen and oxygen atoms in total. The van der Waals surface area contributed by atoms with Crippen LogP contribution in [0.5, 0.6) is 11.5 Å². The van der Waals surface area contributed by atoms with Crippen molar-refractivity contribution in [3.05, 3.63) is 24.3 Å². The summed E-state index contributed by atoms with van der Waals surface area (Å²) in [7, 11) is 3.20. The van der Waals surface area contributed by atoms with Gasteiger partial charge in [-0.05, 0) is 37.3 Å². The van der Waals surface area contributed by atoms with Crippen molar-refractivity contribution in [3.8, 4) is 11.5 Å². The van der Waals surface area contributed by atoms with Crippen molar-refractivity contribution in [1.82, 2.24) is 4.90 Å². The molecule has 0 spiro atoms. The van der Waals surface area contributed by atoms with Gasteiger partial charge in [0.25, 0.3) is 0 Å². The summed E-state index contributed by atoms with van der Waals surface area (Å²) in [5.41, 5.74) is 0. The molecule has 1 amide bonds. The van der Waals surface area contributed by atoms with Crippen LogP contribution in [0.4, 0.5) is 0 Å². The molecule has 22 heavy (non-hydrogen) atoms. The maximum atomic E-state index is 12.3. The van der Waals surface area contributed by atoms with Crippen molar-refractivity contribution in [3.63, 3.8) is 0 Å². The molecule has 0 N–H and O–H groups in total. The molecule has 120 valence electrons. The highest BCUT2D eigenvalue weighted by molar-refractivity contribution is 5.78. The molecule has 2 bridgehead atoms. The number of ether oxygens (including phenoxy) is 3. The molecular formula is C17H23NO4. The molecule has 2 aliphatic rings. The summed E-state index contributed by atoms with van der Waals surface area (Å²) in [6, 6.07) is 8.10. The van der Waals surface area contributed by atoms with Crippen molar-refractivity contribution < 1.29 is 19.0 Å². The Kier molecular flexibility index (Phi) is 4.52. The molecule has 0 aromatic heterocycles. The van der Waals surface area contributed by atoms with E-state index < -0.39 is 0 Å². The Morgan fingerprint density at radius 3 is 2.86 bits per heavy atom. The van der Waals surface area contributed by atoms with Crippen molar-refractivity contribution in [2.24, 2.45) is 5.92 Å². The lowest BCUT2D eigenvalue weighted by molar-refractivity contribution is -0.140. The molecule has 3 atom stereocenters. The Morgan fingerprint density at radius 1 is 1.27 bits per heavy atom. The molecule has 3 rings (SSSR count). The Hall–Kier alpha value is -1.75. The summed E-state index contributed by atoms with van der Waals surface area (Å²) in [6.07, 6.45) is 3.39. The summed E-state index contributed by atoms with van der Waals surface area (Å²) >= 11 is 0. The fraction of sp³-hybridized carbons (Fsp3) is 0.588.